The van der Waals surface area contributed by atoms with Crippen LogP contribution >= 0.6 is 11.6 Å². The summed E-state index contributed by atoms with van der Waals surface area (Å²) in [6.45, 7) is 1.33. The Morgan fingerprint density at radius 2 is 1.97 bits per heavy atom. The van der Waals surface area contributed by atoms with Gasteiger partial charge in [-0.15, -0.1) is 0 Å². The molecule has 1 amide bonds. The van der Waals surface area contributed by atoms with Gasteiger partial charge in [0, 0.05) is 36.7 Å². The smallest absolute Gasteiger partial charge is 0.257 e. The molecule has 4 atom stereocenters. The largest absolute Gasteiger partial charge is 0.488 e. The molecule has 1 aliphatic carbocycles. The van der Waals surface area contributed by atoms with E-state index in [0.29, 0.717) is 47.4 Å². The van der Waals surface area contributed by atoms with Crippen molar-refractivity contribution in [3.63, 3.8) is 0 Å². The van der Waals surface area contributed by atoms with Crippen molar-refractivity contribution in [3.05, 3.63) is 65.6 Å². The van der Waals surface area contributed by atoms with Crippen molar-refractivity contribution in [2.45, 2.75) is 25.0 Å². The maximum absolute atomic E-state index is 13.2. The fraction of sp³-hybridized carbons (Fsp3) is 0.364. The molecule has 1 N–H and O–H groups in total. The number of carbonyl (C=O) groups excluding carboxylic acids is 1. The summed E-state index contributed by atoms with van der Waals surface area (Å²) in [5, 5.41) is 11.2. The summed E-state index contributed by atoms with van der Waals surface area (Å²) in [6.07, 6.45) is 5.93. The van der Waals surface area contributed by atoms with Gasteiger partial charge in [-0.05, 0) is 55.0 Å². The summed E-state index contributed by atoms with van der Waals surface area (Å²) in [6, 6.07) is 10.9. The van der Waals surface area contributed by atoms with Gasteiger partial charge in [-0.25, -0.2) is 4.98 Å². The van der Waals surface area contributed by atoms with Crippen LogP contribution in [-0.2, 0) is 0 Å². The van der Waals surface area contributed by atoms with Crippen LogP contribution in [0.3, 0.4) is 0 Å². The second kappa shape index (κ2) is 7.35. The highest BCUT2D eigenvalue weighted by molar-refractivity contribution is 6.30. The Hall–Kier alpha value is -2.57. The highest BCUT2D eigenvalue weighted by Gasteiger charge is 2.44. The Balaban J connectivity index is 1.30. The molecule has 5 rings (SSSR count). The number of carbonyl (C=O) groups is 1. The first-order valence-corrected chi connectivity index (χ1v) is 10.3. The molecule has 7 heteroatoms. The number of fused-ring (bicyclic) bond motifs is 2. The van der Waals surface area contributed by atoms with Gasteiger partial charge in [-0.2, -0.15) is 0 Å². The number of nitrogens with zero attached hydrogens (tertiary/aromatic N) is 3. The summed E-state index contributed by atoms with van der Waals surface area (Å²) in [5.41, 5.74) is 1.29. The Labute approximate surface area is 173 Å². The van der Waals surface area contributed by atoms with Crippen molar-refractivity contribution in [1.29, 1.82) is 0 Å². The summed E-state index contributed by atoms with van der Waals surface area (Å²) in [7, 11) is 0. The molecule has 3 heterocycles. The lowest BCUT2D eigenvalue weighted by Crippen LogP contribution is -2.42. The van der Waals surface area contributed by atoms with Gasteiger partial charge in [-0.3, -0.25) is 4.79 Å². The van der Waals surface area contributed by atoms with Crippen molar-refractivity contribution in [2.24, 2.45) is 11.8 Å². The summed E-state index contributed by atoms with van der Waals surface area (Å²) < 4.78 is 7.89. The molecule has 1 saturated heterocycles. The van der Waals surface area contributed by atoms with E-state index in [1.807, 2.05) is 46.0 Å². The van der Waals surface area contributed by atoms with Gasteiger partial charge in [0.05, 0.1) is 11.7 Å². The van der Waals surface area contributed by atoms with Crippen molar-refractivity contribution in [3.8, 4) is 5.75 Å². The zero-order chi connectivity index (χ0) is 20.0. The van der Waals surface area contributed by atoms with Crippen LogP contribution in [0.2, 0.25) is 5.02 Å². The van der Waals surface area contributed by atoms with Gasteiger partial charge < -0.3 is 19.1 Å². The van der Waals surface area contributed by atoms with E-state index in [4.69, 9.17) is 16.3 Å². The first-order valence-electron chi connectivity index (χ1n) is 9.90. The second-order valence-corrected chi connectivity index (χ2v) is 8.40. The first-order chi connectivity index (χ1) is 14.1. The summed E-state index contributed by atoms with van der Waals surface area (Å²) in [4.78, 5) is 19.4. The minimum atomic E-state index is -0.555. The number of hydrogen-bond acceptors (Lipinski definition) is 4. The van der Waals surface area contributed by atoms with Crippen LogP contribution in [0.4, 0.5) is 0 Å². The lowest BCUT2D eigenvalue weighted by atomic mass is 9.78. The van der Waals surface area contributed by atoms with Gasteiger partial charge in [0.15, 0.2) is 0 Å². The number of benzene rings is 1. The fourth-order valence-corrected chi connectivity index (χ4v) is 4.86. The third-order valence-electron chi connectivity index (χ3n) is 6.11. The molecule has 0 radical (unpaired) electrons. The summed E-state index contributed by atoms with van der Waals surface area (Å²) >= 11 is 6.04. The number of rotatable bonds is 3. The predicted octanol–water partition coefficient (Wildman–Crippen LogP) is 3.28. The van der Waals surface area contributed by atoms with E-state index < -0.39 is 6.10 Å². The molecule has 0 bridgehead atoms. The number of likely N-dealkylation sites (tertiary alicyclic amines) is 1. The molecule has 3 aromatic rings. The van der Waals surface area contributed by atoms with Gasteiger partial charge in [-0.1, -0.05) is 17.7 Å². The Morgan fingerprint density at radius 3 is 2.79 bits per heavy atom. The minimum absolute atomic E-state index is 0.00185. The van der Waals surface area contributed by atoms with Gasteiger partial charge in [0.2, 0.25) is 0 Å². The quantitative estimate of drug-likeness (QED) is 0.718. The molecule has 1 aliphatic heterocycles. The molecule has 1 saturated carbocycles. The van der Waals surface area contributed by atoms with Crippen LogP contribution in [0, 0.1) is 11.8 Å². The predicted molar refractivity (Wildman–Crippen MR) is 109 cm³/mol. The van der Waals surface area contributed by atoms with Gasteiger partial charge in [0.25, 0.3) is 5.91 Å². The molecule has 2 aliphatic rings. The van der Waals surface area contributed by atoms with Crippen LogP contribution in [0.5, 0.6) is 5.75 Å². The van der Waals surface area contributed by atoms with Crippen LogP contribution in [-0.4, -0.2) is 50.6 Å². The number of aromatic nitrogens is 2. The number of ether oxygens (including phenoxy) is 1. The van der Waals surface area contributed by atoms with Crippen molar-refractivity contribution >= 4 is 23.2 Å². The standard InChI is InChI=1S/C22H22ClN3O3/c23-16-3-1-4-17(11-16)29-20-10-15-13-26(12-14(15)9-19(20)27)22(28)18-5-2-7-25-8-6-24-21(18)25/h1-8,11,14-15,19-20,27H,9-10,12-13H2/t14-,15+,19+,20+/m0/s1. The molecule has 2 fully saturated rings. The van der Waals surface area contributed by atoms with Gasteiger partial charge in [0.1, 0.15) is 17.5 Å². The molecule has 0 spiro atoms. The maximum atomic E-state index is 13.2. The number of hydrogen-bond donors (Lipinski definition) is 1. The Morgan fingerprint density at radius 1 is 1.14 bits per heavy atom. The number of halogens is 1. The van der Waals surface area contributed by atoms with E-state index in [9.17, 15) is 9.90 Å². The van der Waals surface area contributed by atoms with Gasteiger partial charge >= 0.3 is 0 Å². The lowest BCUT2D eigenvalue weighted by molar-refractivity contribution is -0.0231. The van der Waals surface area contributed by atoms with E-state index in [1.54, 1.807) is 18.3 Å². The maximum Gasteiger partial charge on any atom is 0.257 e. The van der Waals surface area contributed by atoms with Crippen LogP contribution in [0.1, 0.15) is 23.2 Å². The SMILES string of the molecule is O=C(c1cccn2ccnc12)N1C[C@H]2C[C@@H](Oc3cccc(Cl)c3)[C@H](O)C[C@H]2C1. The first kappa shape index (κ1) is 18.5. The Bertz CT molecular complexity index is 1050. The molecule has 0 unspecified atom stereocenters. The van der Waals surface area contributed by atoms with Crippen molar-refractivity contribution in [2.75, 3.05) is 13.1 Å². The average molecular weight is 412 g/mol. The lowest BCUT2D eigenvalue weighted by Gasteiger charge is -2.35. The number of amides is 1. The fourth-order valence-electron chi connectivity index (χ4n) is 4.68. The highest BCUT2D eigenvalue weighted by atomic mass is 35.5. The van der Waals surface area contributed by atoms with E-state index in [-0.39, 0.29) is 17.9 Å². The minimum Gasteiger partial charge on any atom is -0.488 e. The molecule has 1 aromatic carbocycles. The monoisotopic (exact) mass is 411 g/mol. The molecule has 29 heavy (non-hydrogen) atoms. The number of aliphatic hydroxyl groups is 1. The topological polar surface area (TPSA) is 67.1 Å². The van der Waals surface area contributed by atoms with Crippen molar-refractivity contribution in [1.82, 2.24) is 14.3 Å². The Kier molecular flexibility index (Phi) is 4.68. The molecule has 2 aromatic heterocycles. The van der Waals surface area contributed by atoms with Crippen molar-refractivity contribution < 1.29 is 14.6 Å². The van der Waals surface area contributed by atoms with E-state index >= 15 is 0 Å². The number of aliphatic hydroxyl groups excluding tert-OH is 1. The van der Waals surface area contributed by atoms with Crippen LogP contribution in [0.15, 0.2) is 55.0 Å². The normalized spacial score (nSPS) is 26.5. The van der Waals surface area contributed by atoms with Crippen LogP contribution in [0.25, 0.3) is 5.65 Å². The number of imidazole rings is 1. The molecule has 6 nitrogen and oxygen atoms in total. The second-order valence-electron chi connectivity index (χ2n) is 7.96. The summed E-state index contributed by atoms with van der Waals surface area (Å²) in [5.74, 6) is 1.26. The van der Waals surface area contributed by atoms with E-state index in [0.717, 1.165) is 6.42 Å². The molecule has 150 valence electrons. The molecular formula is C22H22ClN3O3. The third-order valence-corrected chi connectivity index (χ3v) is 6.34. The highest BCUT2D eigenvalue weighted by Crippen LogP contribution is 2.38. The van der Waals surface area contributed by atoms with E-state index in [2.05, 4.69) is 4.98 Å². The van der Waals surface area contributed by atoms with E-state index in [1.165, 1.54) is 0 Å². The number of pyridine rings is 1. The zero-order valence-corrected chi connectivity index (χ0v) is 16.6. The van der Waals surface area contributed by atoms with Crippen LogP contribution < -0.4 is 4.74 Å². The third kappa shape index (κ3) is 3.47. The zero-order valence-electron chi connectivity index (χ0n) is 15.8. The molecular weight excluding hydrogens is 390 g/mol. The average Bonchev–Trinajstić information content (AvgIpc) is 3.34.